The summed E-state index contributed by atoms with van der Waals surface area (Å²) in [6.07, 6.45) is 3.71. The maximum atomic E-state index is 11.9. The highest BCUT2D eigenvalue weighted by Gasteiger charge is 2.29. The summed E-state index contributed by atoms with van der Waals surface area (Å²) in [5.41, 5.74) is 6.99. The number of piperazine rings is 1. The lowest BCUT2D eigenvalue weighted by Gasteiger charge is -2.36. The van der Waals surface area contributed by atoms with E-state index in [0.717, 1.165) is 50.5 Å². The highest BCUT2D eigenvalue weighted by atomic mass is 35.5. The van der Waals surface area contributed by atoms with Crippen LogP contribution in [0.1, 0.15) is 38.3 Å². The van der Waals surface area contributed by atoms with E-state index in [4.69, 9.17) is 5.73 Å². The van der Waals surface area contributed by atoms with Crippen LogP contribution in [0, 0.1) is 0 Å². The minimum absolute atomic E-state index is 0. The van der Waals surface area contributed by atoms with E-state index < -0.39 is 0 Å². The summed E-state index contributed by atoms with van der Waals surface area (Å²) < 4.78 is 0. The number of nitrogens with zero attached hydrogens (tertiary/aromatic N) is 4. The first-order valence-electron chi connectivity index (χ1n) is 8.85. The molecule has 2 fully saturated rings. The fourth-order valence-electron chi connectivity index (χ4n) is 3.37. The Morgan fingerprint density at radius 2 is 1.88 bits per heavy atom. The first kappa shape index (κ1) is 22.9. The average Bonchev–Trinajstić information content (AvgIpc) is 2.52. The third kappa shape index (κ3) is 5.94. The lowest BCUT2D eigenvalue weighted by atomic mass is 9.78. The second-order valence-corrected chi connectivity index (χ2v) is 7.21. The molecule has 2 heterocycles. The Hall–Kier alpha value is -1.15. The van der Waals surface area contributed by atoms with Crippen LogP contribution in [-0.2, 0) is 4.79 Å². The molecule has 0 atom stereocenters. The largest absolute Gasteiger partial charge is 0.354 e. The number of hydrogen-bond acceptors (Lipinski definition) is 6. The Morgan fingerprint density at radius 1 is 1.23 bits per heavy atom. The van der Waals surface area contributed by atoms with Crippen LogP contribution >= 0.6 is 24.8 Å². The molecular formula is C17H30Cl2N6O. The van der Waals surface area contributed by atoms with Gasteiger partial charge in [-0.25, -0.2) is 9.97 Å². The fraction of sp³-hybridized carbons (Fsp3) is 0.706. The molecule has 1 saturated carbocycles. The highest BCUT2D eigenvalue weighted by molar-refractivity contribution is 5.85. The van der Waals surface area contributed by atoms with E-state index in [1.54, 1.807) is 6.33 Å². The molecule has 1 aliphatic heterocycles. The Bertz CT molecular complexity index is 574. The van der Waals surface area contributed by atoms with Gasteiger partial charge >= 0.3 is 0 Å². The molecule has 1 aliphatic carbocycles. The molecule has 3 rings (SSSR count). The van der Waals surface area contributed by atoms with Gasteiger partial charge in [0.25, 0.3) is 0 Å². The van der Waals surface area contributed by atoms with Gasteiger partial charge in [-0.2, -0.15) is 0 Å². The van der Waals surface area contributed by atoms with Crippen molar-refractivity contribution in [2.24, 2.45) is 5.73 Å². The normalized spacial score (nSPS) is 22.8. The van der Waals surface area contributed by atoms with Crippen molar-refractivity contribution in [3.8, 4) is 0 Å². The smallest absolute Gasteiger partial charge is 0.234 e. The lowest BCUT2D eigenvalue weighted by Crippen LogP contribution is -2.50. The van der Waals surface area contributed by atoms with Gasteiger partial charge in [0, 0.05) is 55.9 Å². The van der Waals surface area contributed by atoms with E-state index >= 15 is 0 Å². The zero-order valence-electron chi connectivity index (χ0n) is 15.4. The van der Waals surface area contributed by atoms with Crippen LogP contribution in [-0.4, -0.2) is 65.6 Å². The first-order chi connectivity index (χ1) is 11.5. The van der Waals surface area contributed by atoms with Crippen LogP contribution in [0.4, 0.5) is 5.82 Å². The van der Waals surface area contributed by atoms with Crippen molar-refractivity contribution in [3.63, 3.8) is 0 Å². The minimum atomic E-state index is 0. The van der Waals surface area contributed by atoms with Crippen molar-refractivity contribution in [2.75, 3.05) is 37.6 Å². The molecule has 1 aromatic rings. The van der Waals surface area contributed by atoms with Gasteiger partial charge in [0.2, 0.25) is 5.91 Å². The number of halogens is 2. The van der Waals surface area contributed by atoms with Crippen LogP contribution in [0.25, 0.3) is 0 Å². The standard InChI is InChI=1S/C17H28N6O.2ClH/c1-12(2)21-17(24)10-22-3-5-23(6-4-22)16-9-15(19-11-20-16)13-7-14(18)8-13;;/h9,11-14H,3-8,10,18H2,1-2H3,(H,21,24);2*1H. The Balaban J connectivity index is 0.00000169. The first-order valence-corrected chi connectivity index (χ1v) is 8.85. The summed E-state index contributed by atoms with van der Waals surface area (Å²) in [5.74, 6) is 1.58. The van der Waals surface area contributed by atoms with Gasteiger partial charge in [-0.15, -0.1) is 24.8 Å². The van der Waals surface area contributed by atoms with Crippen molar-refractivity contribution in [1.82, 2.24) is 20.2 Å². The third-order valence-electron chi connectivity index (χ3n) is 4.78. The van der Waals surface area contributed by atoms with Crippen molar-refractivity contribution >= 4 is 36.5 Å². The molecule has 9 heteroatoms. The molecule has 0 radical (unpaired) electrons. The molecule has 0 spiro atoms. The molecule has 7 nitrogen and oxygen atoms in total. The van der Waals surface area contributed by atoms with Gasteiger partial charge in [0.05, 0.1) is 6.54 Å². The number of carbonyl (C=O) groups excluding carboxylic acids is 1. The second kappa shape index (κ2) is 10.3. The summed E-state index contributed by atoms with van der Waals surface area (Å²) in [5, 5.41) is 2.94. The van der Waals surface area contributed by atoms with Crippen molar-refractivity contribution in [2.45, 2.75) is 44.7 Å². The van der Waals surface area contributed by atoms with Gasteiger partial charge in [0.15, 0.2) is 0 Å². The number of hydrogen-bond donors (Lipinski definition) is 2. The molecule has 0 bridgehead atoms. The fourth-order valence-corrected chi connectivity index (χ4v) is 3.37. The van der Waals surface area contributed by atoms with Crippen LogP contribution in [0.2, 0.25) is 0 Å². The number of nitrogens with two attached hydrogens (primary N) is 1. The average molecular weight is 405 g/mol. The number of anilines is 1. The summed E-state index contributed by atoms with van der Waals surface area (Å²) in [4.78, 5) is 25.2. The Morgan fingerprint density at radius 3 is 2.46 bits per heavy atom. The van der Waals surface area contributed by atoms with Crippen LogP contribution < -0.4 is 16.0 Å². The molecule has 148 valence electrons. The van der Waals surface area contributed by atoms with Gasteiger partial charge < -0.3 is 16.0 Å². The van der Waals surface area contributed by atoms with E-state index in [2.05, 4.69) is 31.2 Å². The maximum absolute atomic E-state index is 11.9. The zero-order valence-corrected chi connectivity index (χ0v) is 17.1. The minimum Gasteiger partial charge on any atom is -0.354 e. The summed E-state index contributed by atoms with van der Waals surface area (Å²) in [6, 6.07) is 2.63. The molecule has 1 aromatic heterocycles. The van der Waals surface area contributed by atoms with Gasteiger partial charge in [0.1, 0.15) is 12.1 Å². The summed E-state index contributed by atoms with van der Waals surface area (Å²) >= 11 is 0. The monoisotopic (exact) mass is 404 g/mol. The van der Waals surface area contributed by atoms with E-state index in [0.29, 0.717) is 18.5 Å². The second-order valence-electron chi connectivity index (χ2n) is 7.21. The summed E-state index contributed by atoms with van der Waals surface area (Å²) in [7, 11) is 0. The number of carbonyl (C=O) groups is 1. The topological polar surface area (TPSA) is 87.4 Å². The number of nitrogens with one attached hydrogen (secondary N) is 1. The van der Waals surface area contributed by atoms with Crippen molar-refractivity contribution in [3.05, 3.63) is 18.1 Å². The number of amides is 1. The number of aromatic nitrogens is 2. The third-order valence-corrected chi connectivity index (χ3v) is 4.78. The predicted octanol–water partition coefficient (Wildman–Crippen LogP) is 1.17. The molecular weight excluding hydrogens is 375 g/mol. The molecule has 1 saturated heterocycles. The Kier molecular flexibility index (Phi) is 9.03. The highest BCUT2D eigenvalue weighted by Crippen LogP contribution is 2.35. The maximum Gasteiger partial charge on any atom is 0.234 e. The van der Waals surface area contributed by atoms with E-state index in [1.807, 2.05) is 13.8 Å². The van der Waals surface area contributed by atoms with E-state index in [-0.39, 0.29) is 36.8 Å². The van der Waals surface area contributed by atoms with Crippen LogP contribution in [0.15, 0.2) is 12.4 Å². The molecule has 0 aromatic carbocycles. The van der Waals surface area contributed by atoms with E-state index in [9.17, 15) is 4.79 Å². The Labute approximate surface area is 167 Å². The molecule has 0 unspecified atom stereocenters. The van der Waals surface area contributed by atoms with Gasteiger partial charge in [-0.3, -0.25) is 9.69 Å². The zero-order chi connectivity index (χ0) is 17.1. The molecule has 2 aliphatic rings. The summed E-state index contributed by atoms with van der Waals surface area (Å²) in [6.45, 7) is 7.96. The lowest BCUT2D eigenvalue weighted by molar-refractivity contribution is -0.122. The predicted molar refractivity (Wildman–Crippen MR) is 108 cm³/mol. The van der Waals surface area contributed by atoms with Crippen LogP contribution in [0.3, 0.4) is 0 Å². The quantitative estimate of drug-likeness (QED) is 0.765. The van der Waals surface area contributed by atoms with Gasteiger partial charge in [-0.05, 0) is 26.7 Å². The SMILES string of the molecule is CC(C)NC(=O)CN1CCN(c2cc(C3CC(N)C3)ncn2)CC1.Cl.Cl. The van der Waals surface area contributed by atoms with Crippen molar-refractivity contribution in [1.29, 1.82) is 0 Å². The molecule has 3 N–H and O–H groups in total. The molecule has 26 heavy (non-hydrogen) atoms. The van der Waals surface area contributed by atoms with Crippen LogP contribution in [0.5, 0.6) is 0 Å². The van der Waals surface area contributed by atoms with Gasteiger partial charge in [-0.1, -0.05) is 0 Å². The number of rotatable bonds is 5. The molecule has 1 amide bonds. The van der Waals surface area contributed by atoms with E-state index in [1.165, 1.54) is 0 Å². The van der Waals surface area contributed by atoms with Crippen molar-refractivity contribution < 1.29 is 4.79 Å².